The Morgan fingerprint density at radius 3 is 2.71 bits per heavy atom. The smallest absolute Gasteiger partial charge is 0.253 e. The van der Waals surface area contributed by atoms with Crippen molar-refractivity contribution in [3.63, 3.8) is 0 Å². The summed E-state index contributed by atoms with van der Waals surface area (Å²) in [5.74, 6) is 1.94. The van der Waals surface area contributed by atoms with Crippen LogP contribution >= 0.6 is 0 Å². The van der Waals surface area contributed by atoms with Crippen LogP contribution in [0, 0.1) is 11.8 Å². The maximum atomic E-state index is 13.3. The fraction of sp³-hybridized carbons (Fsp3) is 0.407. The van der Waals surface area contributed by atoms with Crippen LogP contribution in [0.25, 0.3) is 10.9 Å². The second kappa shape index (κ2) is 8.38. The van der Waals surface area contributed by atoms with Gasteiger partial charge in [-0.25, -0.2) is 0 Å². The van der Waals surface area contributed by atoms with Gasteiger partial charge in [-0.2, -0.15) is 0 Å². The number of likely N-dealkylation sites (tertiary alicyclic amines) is 1. The standard InChI is InChI=1S/C27H29N3O4/c1-16-2-5-22-20(12-16)21-13-18(3-6-23(21)29-22)27(32)30-10-8-17(9-11-30)26(31)28-19-4-7-24-25(14-19)34-15-33-24/h3-4,6-7,13-14,16-17,29H,2,5,8-12,15H2,1H3,(H,28,31). The SMILES string of the molecule is CC1CCc2[nH]c3ccc(C(=O)N4CCC(C(=O)Nc5ccc6c(c5)OCO6)CC4)cc3c2C1. The van der Waals surface area contributed by atoms with E-state index in [4.69, 9.17) is 9.47 Å². The Bertz CT molecular complexity index is 1270. The Labute approximate surface area is 198 Å². The molecular formula is C27H29N3O4. The summed E-state index contributed by atoms with van der Waals surface area (Å²) < 4.78 is 10.7. The van der Waals surface area contributed by atoms with E-state index in [9.17, 15) is 9.59 Å². The molecule has 2 aliphatic heterocycles. The first-order valence-electron chi connectivity index (χ1n) is 12.2. The molecule has 6 rings (SSSR count). The van der Waals surface area contributed by atoms with Crippen LogP contribution in [-0.2, 0) is 17.6 Å². The van der Waals surface area contributed by atoms with Gasteiger partial charge in [-0.3, -0.25) is 9.59 Å². The van der Waals surface area contributed by atoms with Gasteiger partial charge in [-0.1, -0.05) is 6.92 Å². The third-order valence-electron chi connectivity index (χ3n) is 7.47. The van der Waals surface area contributed by atoms with Crippen molar-refractivity contribution < 1.29 is 19.1 Å². The Kier molecular flexibility index (Phi) is 5.20. The van der Waals surface area contributed by atoms with Crippen molar-refractivity contribution in [2.24, 2.45) is 11.8 Å². The van der Waals surface area contributed by atoms with Gasteiger partial charge >= 0.3 is 0 Å². The number of aromatic nitrogens is 1. The van der Waals surface area contributed by atoms with Crippen LogP contribution in [0.5, 0.6) is 11.5 Å². The average Bonchev–Trinajstić information content (AvgIpc) is 3.47. The van der Waals surface area contributed by atoms with Crippen LogP contribution in [0.4, 0.5) is 5.69 Å². The molecule has 7 nitrogen and oxygen atoms in total. The maximum Gasteiger partial charge on any atom is 0.253 e. The highest BCUT2D eigenvalue weighted by Gasteiger charge is 2.29. The van der Waals surface area contributed by atoms with E-state index in [0.717, 1.165) is 23.9 Å². The van der Waals surface area contributed by atoms with Crippen LogP contribution < -0.4 is 14.8 Å². The molecule has 1 atom stereocenters. The quantitative estimate of drug-likeness (QED) is 0.604. The van der Waals surface area contributed by atoms with Crippen LogP contribution in [-0.4, -0.2) is 41.6 Å². The van der Waals surface area contributed by atoms with E-state index in [2.05, 4.69) is 23.3 Å². The van der Waals surface area contributed by atoms with E-state index >= 15 is 0 Å². The summed E-state index contributed by atoms with van der Waals surface area (Å²) in [5.41, 5.74) is 5.25. The van der Waals surface area contributed by atoms with Crippen molar-refractivity contribution in [3.8, 4) is 11.5 Å². The number of H-pyrrole nitrogens is 1. The molecule has 1 aromatic heterocycles. The molecular weight excluding hydrogens is 430 g/mol. The Balaban J connectivity index is 1.10. The topological polar surface area (TPSA) is 83.7 Å². The first-order valence-corrected chi connectivity index (χ1v) is 12.2. The zero-order valence-corrected chi connectivity index (χ0v) is 19.4. The summed E-state index contributed by atoms with van der Waals surface area (Å²) in [6, 6.07) is 11.4. The van der Waals surface area contributed by atoms with E-state index in [1.54, 1.807) is 12.1 Å². The zero-order chi connectivity index (χ0) is 23.2. The molecule has 3 heterocycles. The van der Waals surface area contributed by atoms with Crippen LogP contribution in [0.15, 0.2) is 36.4 Å². The number of ether oxygens (including phenoxy) is 2. The number of carbonyl (C=O) groups excluding carboxylic acids is 2. The molecule has 34 heavy (non-hydrogen) atoms. The van der Waals surface area contributed by atoms with Crippen molar-refractivity contribution in [1.82, 2.24) is 9.88 Å². The van der Waals surface area contributed by atoms with Crippen molar-refractivity contribution in [1.29, 1.82) is 0 Å². The molecule has 1 fully saturated rings. The largest absolute Gasteiger partial charge is 0.454 e. The number of nitrogens with zero attached hydrogens (tertiary/aromatic N) is 1. The van der Waals surface area contributed by atoms with Crippen LogP contribution in [0.2, 0.25) is 0 Å². The van der Waals surface area contributed by atoms with Crippen LogP contribution in [0.3, 0.4) is 0 Å². The molecule has 0 bridgehead atoms. The molecule has 1 aliphatic carbocycles. The van der Waals surface area contributed by atoms with Crippen molar-refractivity contribution in [2.45, 2.75) is 39.0 Å². The van der Waals surface area contributed by atoms with E-state index < -0.39 is 0 Å². The second-order valence-electron chi connectivity index (χ2n) is 9.81. The van der Waals surface area contributed by atoms with Gasteiger partial charge in [-0.15, -0.1) is 0 Å². The number of anilines is 1. The minimum atomic E-state index is -0.116. The fourth-order valence-electron chi connectivity index (χ4n) is 5.47. The molecule has 2 N–H and O–H groups in total. The number of benzene rings is 2. The molecule has 1 saturated heterocycles. The van der Waals surface area contributed by atoms with E-state index in [1.807, 2.05) is 23.1 Å². The molecule has 0 spiro atoms. The number of rotatable bonds is 3. The number of piperidine rings is 1. The van der Waals surface area contributed by atoms with Crippen molar-refractivity contribution in [3.05, 3.63) is 53.2 Å². The Hall–Kier alpha value is -3.48. The van der Waals surface area contributed by atoms with Gasteiger partial charge in [0.15, 0.2) is 11.5 Å². The number of aromatic amines is 1. The molecule has 3 aliphatic rings. The molecule has 1 unspecified atom stereocenters. The van der Waals surface area contributed by atoms with E-state index in [-0.39, 0.29) is 24.5 Å². The highest BCUT2D eigenvalue weighted by atomic mass is 16.7. The van der Waals surface area contributed by atoms with E-state index in [0.29, 0.717) is 49.0 Å². The fourth-order valence-corrected chi connectivity index (χ4v) is 5.47. The van der Waals surface area contributed by atoms with Gasteiger partial charge in [0.05, 0.1) is 0 Å². The molecule has 0 saturated carbocycles. The third kappa shape index (κ3) is 3.79. The zero-order valence-electron chi connectivity index (χ0n) is 19.4. The van der Waals surface area contributed by atoms with Crippen molar-refractivity contribution in [2.75, 3.05) is 25.2 Å². The van der Waals surface area contributed by atoms with Gasteiger partial charge in [-0.05, 0) is 73.9 Å². The monoisotopic (exact) mass is 459 g/mol. The minimum absolute atomic E-state index is 0.0135. The summed E-state index contributed by atoms with van der Waals surface area (Å²) >= 11 is 0. The lowest BCUT2D eigenvalue weighted by Crippen LogP contribution is -2.41. The lowest BCUT2D eigenvalue weighted by Gasteiger charge is -2.31. The molecule has 3 aromatic rings. The lowest BCUT2D eigenvalue weighted by molar-refractivity contribution is -0.121. The first kappa shape index (κ1) is 21.1. The number of amides is 2. The normalized spacial score (nSPS) is 19.8. The van der Waals surface area contributed by atoms with Gasteiger partial charge in [0, 0.05) is 52.9 Å². The summed E-state index contributed by atoms with van der Waals surface area (Å²) in [6.45, 7) is 3.66. The second-order valence-corrected chi connectivity index (χ2v) is 9.81. The van der Waals surface area contributed by atoms with Crippen LogP contribution in [0.1, 0.15) is 47.8 Å². The number of aryl methyl sites for hydroxylation is 1. The minimum Gasteiger partial charge on any atom is -0.454 e. The Morgan fingerprint density at radius 1 is 1.03 bits per heavy atom. The van der Waals surface area contributed by atoms with Gasteiger partial charge in [0.1, 0.15) is 0 Å². The maximum absolute atomic E-state index is 13.3. The molecule has 2 aromatic carbocycles. The number of nitrogens with one attached hydrogen (secondary N) is 2. The Morgan fingerprint density at radius 2 is 1.85 bits per heavy atom. The van der Waals surface area contributed by atoms with Gasteiger partial charge < -0.3 is 24.7 Å². The highest BCUT2D eigenvalue weighted by Crippen LogP contribution is 2.35. The highest BCUT2D eigenvalue weighted by molar-refractivity contribution is 5.99. The molecule has 7 heteroatoms. The summed E-state index contributed by atoms with van der Waals surface area (Å²) in [7, 11) is 0. The molecule has 176 valence electrons. The summed E-state index contributed by atoms with van der Waals surface area (Å²) in [4.78, 5) is 31.5. The first-order chi connectivity index (χ1) is 16.5. The lowest BCUT2D eigenvalue weighted by atomic mass is 9.87. The number of hydrogen-bond acceptors (Lipinski definition) is 4. The summed E-state index contributed by atoms with van der Waals surface area (Å²) in [6.07, 6.45) is 4.67. The van der Waals surface area contributed by atoms with Crippen molar-refractivity contribution >= 4 is 28.4 Å². The molecule has 2 amide bonds. The third-order valence-corrected chi connectivity index (χ3v) is 7.47. The number of carbonyl (C=O) groups is 2. The van der Waals surface area contributed by atoms with Gasteiger partial charge in [0.25, 0.3) is 5.91 Å². The predicted molar refractivity (Wildman–Crippen MR) is 129 cm³/mol. The van der Waals surface area contributed by atoms with E-state index in [1.165, 1.54) is 23.1 Å². The predicted octanol–water partition coefficient (Wildman–Crippen LogP) is 4.51. The van der Waals surface area contributed by atoms with Gasteiger partial charge in [0.2, 0.25) is 12.7 Å². The average molecular weight is 460 g/mol. The number of fused-ring (bicyclic) bond motifs is 4. The molecule has 0 radical (unpaired) electrons. The number of hydrogen-bond donors (Lipinski definition) is 2. The summed E-state index contributed by atoms with van der Waals surface area (Å²) in [5, 5.41) is 4.17.